The van der Waals surface area contributed by atoms with Crippen LogP contribution in [0, 0.1) is 5.82 Å². The summed E-state index contributed by atoms with van der Waals surface area (Å²) in [6, 6.07) is 13.2. The lowest BCUT2D eigenvalue weighted by molar-refractivity contribution is -0.119. The molecule has 0 saturated carbocycles. The van der Waals surface area contributed by atoms with Gasteiger partial charge in [0.15, 0.2) is 0 Å². The number of amides is 1. The van der Waals surface area contributed by atoms with Crippen LogP contribution in [0.2, 0.25) is 0 Å². The van der Waals surface area contributed by atoms with Crippen LogP contribution in [0.25, 0.3) is 0 Å². The van der Waals surface area contributed by atoms with Crippen LogP contribution < -0.4 is 14.4 Å². The van der Waals surface area contributed by atoms with Crippen LogP contribution in [0.1, 0.15) is 18.9 Å². The molecule has 0 radical (unpaired) electrons. The van der Waals surface area contributed by atoms with Crippen LogP contribution in [-0.4, -0.2) is 40.3 Å². The summed E-state index contributed by atoms with van der Waals surface area (Å²) >= 11 is 0. The number of carbonyl (C=O) groups excluding carboxylic acids is 1. The molecule has 1 amide bonds. The lowest BCUT2D eigenvalue weighted by atomic mass is 10.1. The first-order chi connectivity index (χ1) is 13.3. The number of hydrogen-bond acceptors (Lipinski definition) is 4. The molecule has 0 unspecified atom stereocenters. The van der Waals surface area contributed by atoms with E-state index in [0.29, 0.717) is 19.6 Å². The molecule has 0 aromatic heterocycles. The highest BCUT2D eigenvalue weighted by Gasteiger charge is 2.23. The maximum atomic E-state index is 13.9. The Hall–Kier alpha value is -2.61. The summed E-state index contributed by atoms with van der Waals surface area (Å²) in [6.07, 6.45) is 2.40. The predicted molar refractivity (Wildman–Crippen MR) is 108 cm³/mol. The minimum Gasteiger partial charge on any atom is -0.494 e. The zero-order valence-corrected chi connectivity index (χ0v) is 16.8. The Labute approximate surface area is 165 Å². The zero-order chi connectivity index (χ0) is 20.6. The summed E-state index contributed by atoms with van der Waals surface area (Å²) in [6.45, 7) is 2.46. The van der Waals surface area contributed by atoms with E-state index < -0.39 is 28.3 Å². The summed E-state index contributed by atoms with van der Waals surface area (Å²) in [5, 5.41) is 2.68. The zero-order valence-electron chi connectivity index (χ0n) is 16.0. The highest BCUT2D eigenvalue weighted by molar-refractivity contribution is 7.92. The van der Waals surface area contributed by atoms with Gasteiger partial charge < -0.3 is 10.1 Å². The molecule has 0 bridgehead atoms. The Morgan fingerprint density at radius 1 is 1.14 bits per heavy atom. The molecule has 2 aromatic carbocycles. The van der Waals surface area contributed by atoms with Crippen molar-refractivity contribution < 1.29 is 22.3 Å². The van der Waals surface area contributed by atoms with E-state index >= 15 is 0 Å². The fraction of sp³-hybridized carbons (Fsp3) is 0.350. The van der Waals surface area contributed by atoms with Crippen LogP contribution in [0.4, 0.5) is 10.1 Å². The second-order valence-electron chi connectivity index (χ2n) is 6.25. The average molecular weight is 408 g/mol. The van der Waals surface area contributed by atoms with Gasteiger partial charge in [-0.15, -0.1) is 0 Å². The Bertz CT molecular complexity index is 885. The number of ether oxygens (including phenoxy) is 1. The van der Waals surface area contributed by atoms with Gasteiger partial charge in [-0.2, -0.15) is 0 Å². The topological polar surface area (TPSA) is 75.7 Å². The van der Waals surface area contributed by atoms with Crippen molar-refractivity contribution in [2.45, 2.75) is 19.8 Å². The molecule has 0 heterocycles. The van der Waals surface area contributed by atoms with Crippen molar-refractivity contribution in [3.63, 3.8) is 0 Å². The first kappa shape index (κ1) is 21.7. The van der Waals surface area contributed by atoms with Gasteiger partial charge in [-0.1, -0.05) is 24.3 Å². The molecule has 6 nitrogen and oxygen atoms in total. The number of nitrogens with one attached hydrogen (secondary N) is 1. The molecule has 0 aliphatic heterocycles. The maximum Gasteiger partial charge on any atom is 0.240 e. The number of rotatable bonds is 10. The van der Waals surface area contributed by atoms with Crippen molar-refractivity contribution in [2.24, 2.45) is 0 Å². The van der Waals surface area contributed by atoms with Crippen molar-refractivity contribution in [3.05, 3.63) is 59.9 Å². The number of nitrogens with zero attached hydrogens (tertiary/aromatic N) is 1. The van der Waals surface area contributed by atoms with Gasteiger partial charge >= 0.3 is 0 Å². The molecule has 152 valence electrons. The van der Waals surface area contributed by atoms with Gasteiger partial charge in [0.1, 0.15) is 18.1 Å². The second kappa shape index (κ2) is 10.1. The van der Waals surface area contributed by atoms with Gasteiger partial charge in [0.05, 0.1) is 18.6 Å². The van der Waals surface area contributed by atoms with Gasteiger partial charge in [0.25, 0.3) is 0 Å². The minimum atomic E-state index is -3.80. The van der Waals surface area contributed by atoms with E-state index in [2.05, 4.69) is 5.32 Å². The molecule has 2 aromatic rings. The smallest absolute Gasteiger partial charge is 0.240 e. The van der Waals surface area contributed by atoms with Crippen LogP contribution in [-0.2, 0) is 21.2 Å². The summed E-state index contributed by atoms with van der Waals surface area (Å²) < 4.78 is 44.1. The first-order valence-corrected chi connectivity index (χ1v) is 10.9. The molecule has 28 heavy (non-hydrogen) atoms. The van der Waals surface area contributed by atoms with Gasteiger partial charge in [0.2, 0.25) is 15.9 Å². The number of hydrogen-bond donors (Lipinski definition) is 1. The third-order valence-corrected chi connectivity index (χ3v) is 5.13. The molecule has 8 heteroatoms. The second-order valence-corrected chi connectivity index (χ2v) is 8.16. The molecular formula is C20H25FN2O4S. The van der Waals surface area contributed by atoms with Crippen LogP contribution in [0.15, 0.2) is 48.5 Å². The molecule has 1 N–H and O–H groups in total. The Kier molecular flexibility index (Phi) is 7.80. The normalized spacial score (nSPS) is 11.1. The Morgan fingerprint density at radius 2 is 1.82 bits per heavy atom. The number of benzene rings is 2. The standard InChI is InChI=1S/C20H25FN2O4S/c1-3-27-17-12-10-16(11-13-17)7-6-14-22-20(24)15-23(28(2,25)26)19-9-5-4-8-18(19)21/h4-5,8-13H,3,6-7,14-15H2,1-2H3,(H,22,24). The number of anilines is 1. The quantitative estimate of drug-likeness (QED) is 0.614. The summed E-state index contributed by atoms with van der Waals surface area (Å²) in [5.74, 6) is -0.370. The van der Waals surface area contributed by atoms with E-state index in [-0.39, 0.29) is 5.69 Å². The van der Waals surface area contributed by atoms with E-state index in [9.17, 15) is 17.6 Å². The predicted octanol–water partition coefficient (Wildman–Crippen LogP) is 2.74. The summed E-state index contributed by atoms with van der Waals surface area (Å²) in [4.78, 5) is 12.2. The van der Waals surface area contributed by atoms with E-state index in [1.165, 1.54) is 18.2 Å². The lowest BCUT2D eigenvalue weighted by Gasteiger charge is -2.22. The summed E-state index contributed by atoms with van der Waals surface area (Å²) in [7, 11) is -3.80. The van der Waals surface area contributed by atoms with Crippen LogP contribution >= 0.6 is 0 Å². The van der Waals surface area contributed by atoms with Crippen LogP contribution in [0.5, 0.6) is 5.75 Å². The lowest BCUT2D eigenvalue weighted by Crippen LogP contribution is -2.41. The molecular weight excluding hydrogens is 383 g/mol. The van der Waals surface area contributed by atoms with Crippen molar-refractivity contribution in [1.82, 2.24) is 5.32 Å². The van der Waals surface area contributed by atoms with E-state index in [4.69, 9.17) is 4.74 Å². The number of sulfonamides is 1. The third-order valence-electron chi connectivity index (χ3n) is 4.01. The SMILES string of the molecule is CCOc1ccc(CCCNC(=O)CN(c2ccccc2F)S(C)(=O)=O)cc1. The van der Waals surface area contributed by atoms with Crippen molar-refractivity contribution in [3.8, 4) is 5.75 Å². The molecule has 0 spiro atoms. The van der Waals surface area contributed by atoms with Crippen molar-refractivity contribution in [2.75, 3.05) is 30.3 Å². The Balaban J connectivity index is 1.85. The van der Waals surface area contributed by atoms with Gasteiger partial charge in [-0.3, -0.25) is 9.10 Å². The molecule has 0 fully saturated rings. The minimum absolute atomic E-state index is 0.144. The van der Waals surface area contributed by atoms with Gasteiger partial charge in [-0.05, 0) is 49.6 Å². The number of halogens is 1. The molecule has 0 aliphatic rings. The highest BCUT2D eigenvalue weighted by atomic mass is 32.2. The highest BCUT2D eigenvalue weighted by Crippen LogP contribution is 2.21. The molecule has 0 aliphatic carbocycles. The van der Waals surface area contributed by atoms with Gasteiger partial charge in [0, 0.05) is 6.54 Å². The van der Waals surface area contributed by atoms with Crippen LogP contribution in [0.3, 0.4) is 0 Å². The maximum absolute atomic E-state index is 13.9. The molecule has 0 saturated heterocycles. The van der Waals surface area contributed by atoms with Gasteiger partial charge in [-0.25, -0.2) is 12.8 Å². The summed E-state index contributed by atoms with van der Waals surface area (Å²) in [5.41, 5.74) is 0.969. The third kappa shape index (κ3) is 6.53. The van der Waals surface area contributed by atoms with Crippen molar-refractivity contribution in [1.29, 1.82) is 0 Å². The number of aryl methyl sites for hydroxylation is 1. The fourth-order valence-electron chi connectivity index (χ4n) is 2.66. The first-order valence-electron chi connectivity index (χ1n) is 9.02. The average Bonchev–Trinajstić information content (AvgIpc) is 2.65. The largest absolute Gasteiger partial charge is 0.494 e. The van der Waals surface area contributed by atoms with E-state index in [1.54, 1.807) is 0 Å². The van der Waals surface area contributed by atoms with Crippen molar-refractivity contribution >= 4 is 21.6 Å². The fourth-order valence-corrected chi connectivity index (χ4v) is 3.52. The number of para-hydroxylation sites is 1. The Morgan fingerprint density at radius 3 is 2.43 bits per heavy atom. The molecule has 0 atom stereocenters. The number of carbonyl (C=O) groups is 1. The van der Waals surface area contributed by atoms with E-state index in [1.807, 2.05) is 31.2 Å². The molecule has 2 rings (SSSR count). The van der Waals surface area contributed by atoms with E-state index in [0.717, 1.165) is 34.4 Å². The monoisotopic (exact) mass is 408 g/mol.